The number of nitrogens with zero attached hydrogens (tertiary/aromatic N) is 1. The van der Waals surface area contributed by atoms with Gasteiger partial charge in [-0.05, 0) is 43.9 Å². The first-order chi connectivity index (χ1) is 8.12. The Morgan fingerprint density at radius 2 is 2.47 bits per heavy atom. The second-order valence-electron chi connectivity index (χ2n) is 5.04. The average Bonchev–Trinajstić information content (AvgIpc) is 2.87. The normalized spacial score (nSPS) is 35.1. The highest BCUT2D eigenvalue weighted by atomic mass is 16.5. The van der Waals surface area contributed by atoms with Gasteiger partial charge in [-0.15, -0.1) is 0 Å². The zero-order valence-electron chi connectivity index (χ0n) is 9.85. The van der Waals surface area contributed by atoms with E-state index in [2.05, 4.69) is 4.98 Å². The summed E-state index contributed by atoms with van der Waals surface area (Å²) in [5, 5.41) is 0. The molecule has 2 bridgehead atoms. The number of aryl methyl sites for hydroxylation is 1. The van der Waals surface area contributed by atoms with Crippen LogP contribution in [0.5, 0.6) is 0 Å². The van der Waals surface area contributed by atoms with Crippen molar-refractivity contribution in [2.24, 2.45) is 11.7 Å². The van der Waals surface area contributed by atoms with E-state index in [0.717, 1.165) is 30.5 Å². The molecule has 3 unspecified atom stereocenters. The number of amides is 1. The molecule has 0 radical (unpaired) electrons. The Bertz CT molecular complexity index is 474. The Balaban J connectivity index is 2.07. The van der Waals surface area contributed by atoms with E-state index in [1.54, 1.807) is 6.20 Å². The van der Waals surface area contributed by atoms with Gasteiger partial charge in [0.1, 0.15) is 5.60 Å². The van der Waals surface area contributed by atoms with Gasteiger partial charge in [-0.1, -0.05) is 0 Å². The Morgan fingerprint density at radius 1 is 1.65 bits per heavy atom. The highest BCUT2D eigenvalue weighted by Gasteiger charge is 2.56. The maximum absolute atomic E-state index is 11.6. The Labute approximate surface area is 100 Å². The van der Waals surface area contributed by atoms with Crippen molar-refractivity contribution in [3.05, 3.63) is 29.6 Å². The molecule has 2 fully saturated rings. The van der Waals surface area contributed by atoms with Gasteiger partial charge in [0.05, 0.1) is 12.0 Å². The van der Waals surface area contributed by atoms with E-state index in [4.69, 9.17) is 10.5 Å². The lowest BCUT2D eigenvalue weighted by molar-refractivity contribution is -0.127. The van der Waals surface area contributed by atoms with Gasteiger partial charge in [-0.3, -0.25) is 9.78 Å². The fourth-order valence-corrected chi connectivity index (χ4v) is 3.23. The number of ether oxygens (including phenoxy) is 1. The molecule has 0 spiro atoms. The van der Waals surface area contributed by atoms with Crippen molar-refractivity contribution >= 4 is 5.91 Å². The number of hydrogen-bond acceptors (Lipinski definition) is 3. The number of pyridine rings is 1. The topological polar surface area (TPSA) is 65.2 Å². The first-order valence-corrected chi connectivity index (χ1v) is 6.02. The van der Waals surface area contributed by atoms with Gasteiger partial charge in [-0.25, -0.2) is 0 Å². The largest absolute Gasteiger partial charge is 0.369 e. The molecule has 4 heteroatoms. The molecule has 2 N–H and O–H groups in total. The fraction of sp³-hybridized carbons (Fsp3) is 0.538. The van der Waals surface area contributed by atoms with E-state index < -0.39 is 5.60 Å². The standard InChI is InChI=1S/C13H16N2O2/c1-8-6-9(3-5-15-8)13-4-2-10(17-13)7-11(13)12(14)16/h3,5-6,10-11H,2,4,7H2,1H3,(H2,14,16). The quantitative estimate of drug-likeness (QED) is 0.835. The SMILES string of the molecule is Cc1cc(C23CCC(CC2C(N)=O)O3)ccn1. The third kappa shape index (κ3) is 1.47. The van der Waals surface area contributed by atoms with Crippen molar-refractivity contribution in [3.8, 4) is 0 Å². The van der Waals surface area contributed by atoms with Gasteiger partial charge in [0.15, 0.2) is 0 Å². The van der Waals surface area contributed by atoms with Crippen LogP contribution in [0, 0.1) is 12.8 Å². The predicted octanol–water partition coefficient (Wildman–Crippen LogP) is 1.27. The molecule has 1 aromatic rings. The van der Waals surface area contributed by atoms with Gasteiger partial charge in [-0.2, -0.15) is 0 Å². The summed E-state index contributed by atoms with van der Waals surface area (Å²) >= 11 is 0. The molecule has 17 heavy (non-hydrogen) atoms. The first kappa shape index (κ1) is 10.7. The number of nitrogens with two attached hydrogens (primary N) is 1. The maximum Gasteiger partial charge on any atom is 0.223 e. The maximum atomic E-state index is 11.6. The molecular weight excluding hydrogens is 216 g/mol. The molecule has 0 aliphatic carbocycles. The zero-order chi connectivity index (χ0) is 12.0. The highest BCUT2D eigenvalue weighted by Crippen LogP contribution is 2.53. The fourth-order valence-electron chi connectivity index (χ4n) is 3.23. The van der Waals surface area contributed by atoms with Gasteiger partial charge < -0.3 is 10.5 Å². The summed E-state index contributed by atoms with van der Waals surface area (Å²) in [6.07, 6.45) is 4.63. The molecule has 4 nitrogen and oxygen atoms in total. The molecule has 3 heterocycles. The Hall–Kier alpha value is -1.42. The molecule has 1 aromatic heterocycles. The van der Waals surface area contributed by atoms with Crippen molar-refractivity contribution in [2.45, 2.75) is 37.9 Å². The number of carbonyl (C=O) groups is 1. The van der Waals surface area contributed by atoms with Gasteiger partial charge in [0, 0.05) is 11.9 Å². The summed E-state index contributed by atoms with van der Waals surface area (Å²) in [4.78, 5) is 15.8. The van der Waals surface area contributed by atoms with Crippen molar-refractivity contribution in [3.63, 3.8) is 0 Å². The Kier molecular flexibility index (Phi) is 2.23. The lowest BCUT2D eigenvalue weighted by atomic mass is 9.74. The summed E-state index contributed by atoms with van der Waals surface area (Å²) in [6, 6.07) is 3.94. The monoisotopic (exact) mass is 232 g/mol. The van der Waals surface area contributed by atoms with Gasteiger partial charge in [0.25, 0.3) is 0 Å². The van der Waals surface area contributed by atoms with Crippen LogP contribution in [0.25, 0.3) is 0 Å². The number of fused-ring (bicyclic) bond motifs is 2. The number of aromatic nitrogens is 1. The molecule has 1 amide bonds. The van der Waals surface area contributed by atoms with Crippen LogP contribution in [-0.4, -0.2) is 17.0 Å². The molecule has 0 aromatic carbocycles. The summed E-state index contributed by atoms with van der Waals surface area (Å²) in [6.45, 7) is 1.95. The summed E-state index contributed by atoms with van der Waals surface area (Å²) < 4.78 is 6.05. The molecule has 2 aliphatic heterocycles. The summed E-state index contributed by atoms with van der Waals surface area (Å²) in [5.41, 5.74) is 7.02. The van der Waals surface area contributed by atoms with Crippen LogP contribution in [0.1, 0.15) is 30.5 Å². The van der Waals surface area contributed by atoms with Crippen LogP contribution < -0.4 is 5.73 Å². The smallest absolute Gasteiger partial charge is 0.223 e. The minimum absolute atomic E-state index is 0.192. The van der Waals surface area contributed by atoms with Crippen molar-refractivity contribution < 1.29 is 9.53 Å². The van der Waals surface area contributed by atoms with Gasteiger partial charge in [0.2, 0.25) is 5.91 Å². The lowest BCUT2D eigenvalue weighted by Gasteiger charge is -2.31. The second-order valence-corrected chi connectivity index (χ2v) is 5.04. The van der Waals surface area contributed by atoms with Crippen LogP contribution in [0.2, 0.25) is 0 Å². The second kappa shape index (κ2) is 3.53. The first-order valence-electron chi connectivity index (χ1n) is 6.02. The average molecular weight is 232 g/mol. The van der Waals surface area contributed by atoms with Crippen LogP contribution >= 0.6 is 0 Å². The highest BCUT2D eigenvalue weighted by molar-refractivity contribution is 5.79. The van der Waals surface area contributed by atoms with E-state index in [0.29, 0.717) is 0 Å². The van der Waals surface area contributed by atoms with Crippen molar-refractivity contribution in [2.75, 3.05) is 0 Å². The van der Waals surface area contributed by atoms with Gasteiger partial charge >= 0.3 is 0 Å². The van der Waals surface area contributed by atoms with Crippen LogP contribution in [0.3, 0.4) is 0 Å². The van der Waals surface area contributed by atoms with Crippen LogP contribution in [0.4, 0.5) is 0 Å². The van der Waals surface area contributed by atoms with Crippen LogP contribution in [0.15, 0.2) is 18.3 Å². The number of carbonyl (C=O) groups excluding carboxylic acids is 1. The summed E-state index contributed by atoms with van der Waals surface area (Å²) in [5.74, 6) is -0.440. The minimum Gasteiger partial charge on any atom is -0.369 e. The minimum atomic E-state index is -0.482. The zero-order valence-corrected chi connectivity index (χ0v) is 9.85. The molecule has 2 aliphatic rings. The molecule has 3 rings (SSSR count). The molecular formula is C13H16N2O2. The molecule has 0 saturated carbocycles. The predicted molar refractivity (Wildman–Crippen MR) is 62.1 cm³/mol. The van der Waals surface area contributed by atoms with Crippen molar-refractivity contribution in [1.82, 2.24) is 4.98 Å². The van der Waals surface area contributed by atoms with Crippen LogP contribution in [-0.2, 0) is 15.1 Å². The lowest BCUT2D eigenvalue weighted by Crippen LogP contribution is -2.40. The number of rotatable bonds is 2. The van der Waals surface area contributed by atoms with E-state index in [1.807, 2.05) is 19.1 Å². The third-order valence-corrected chi connectivity index (χ3v) is 4.00. The van der Waals surface area contributed by atoms with E-state index in [1.165, 1.54) is 0 Å². The molecule has 90 valence electrons. The Morgan fingerprint density at radius 3 is 3.12 bits per heavy atom. The molecule has 3 atom stereocenters. The number of primary amides is 1. The molecule has 2 saturated heterocycles. The summed E-state index contributed by atoms with van der Waals surface area (Å²) in [7, 11) is 0. The number of hydrogen-bond donors (Lipinski definition) is 1. The third-order valence-electron chi connectivity index (χ3n) is 4.00. The van der Waals surface area contributed by atoms with E-state index in [-0.39, 0.29) is 17.9 Å². The van der Waals surface area contributed by atoms with Crippen molar-refractivity contribution in [1.29, 1.82) is 0 Å². The van der Waals surface area contributed by atoms with E-state index in [9.17, 15) is 4.79 Å². The van der Waals surface area contributed by atoms with E-state index >= 15 is 0 Å².